The fourth-order valence-electron chi connectivity index (χ4n) is 2.55. The number of hydrazone groups is 1. The maximum Gasteiger partial charge on any atom is 0.339 e. The zero-order valence-corrected chi connectivity index (χ0v) is 17.3. The van der Waals surface area contributed by atoms with Gasteiger partial charge in [-0.2, -0.15) is 13.5 Å². The molecular weight excluding hydrogens is 456 g/mol. The topological polar surface area (TPSA) is 171 Å². The van der Waals surface area contributed by atoms with Crippen molar-refractivity contribution in [3.63, 3.8) is 0 Å². The zero-order chi connectivity index (χ0) is 24.0. The van der Waals surface area contributed by atoms with Crippen LogP contribution in [0.1, 0.15) is 15.9 Å². The Hall–Kier alpha value is -4.65. The van der Waals surface area contributed by atoms with Gasteiger partial charge in [0, 0.05) is 35.4 Å². The number of nitrogens with one attached hydrogen (secondary N) is 1. The summed E-state index contributed by atoms with van der Waals surface area (Å²) in [5.41, 5.74) is 1.85. The third kappa shape index (κ3) is 5.74. The third-order valence-corrected chi connectivity index (χ3v) is 5.39. The number of nitro benzene ring substituents is 2. The fraction of sp³-hybridized carbons (Fsp3) is 0. The highest BCUT2D eigenvalue weighted by atomic mass is 32.2. The average Bonchev–Trinajstić information content (AvgIpc) is 2.80. The van der Waals surface area contributed by atoms with Crippen LogP contribution < -0.4 is 9.61 Å². The summed E-state index contributed by atoms with van der Waals surface area (Å²) in [6.45, 7) is 0. The Labute approximate surface area is 186 Å². The molecule has 0 radical (unpaired) electrons. The summed E-state index contributed by atoms with van der Waals surface area (Å²) in [5.74, 6) is -0.823. The van der Waals surface area contributed by atoms with Gasteiger partial charge >= 0.3 is 10.1 Å². The highest BCUT2D eigenvalue weighted by Gasteiger charge is 2.19. The second kappa shape index (κ2) is 9.65. The fourth-order valence-corrected chi connectivity index (χ4v) is 3.50. The van der Waals surface area contributed by atoms with Gasteiger partial charge in [0.2, 0.25) is 0 Å². The van der Waals surface area contributed by atoms with E-state index in [9.17, 15) is 33.4 Å². The highest BCUT2D eigenvalue weighted by Crippen LogP contribution is 2.23. The van der Waals surface area contributed by atoms with E-state index < -0.39 is 25.9 Å². The van der Waals surface area contributed by atoms with Crippen molar-refractivity contribution >= 4 is 33.6 Å². The van der Waals surface area contributed by atoms with Crippen molar-refractivity contribution < 1.29 is 27.2 Å². The smallest absolute Gasteiger partial charge is 0.339 e. The van der Waals surface area contributed by atoms with Crippen LogP contribution in [0.5, 0.6) is 5.75 Å². The molecule has 0 heterocycles. The van der Waals surface area contributed by atoms with Gasteiger partial charge in [0.05, 0.1) is 16.1 Å². The van der Waals surface area contributed by atoms with Gasteiger partial charge in [-0.1, -0.05) is 18.2 Å². The predicted octanol–water partition coefficient (Wildman–Crippen LogP) is 3.03. The SMILES string of the molecule is O=C(N/N=C\c1ccccc1OS(=O)(=O)c1ccc([N+](=O)[O-])cc1)c1cccc([N+](=O)[O-])c1. The van der Waals surface area contributed by atoms with E-state index in [-0.39, 0.29) is 33.1 Å². The molecule has 1 amide bonds. The third-order valence-electron chi connectivity index (χ3n) is 4.14. The van der Waals surface area contributed by atoms with E-state index in [0.29, 0.717) is 0 Å². The second-order valence-electron chi connectivity index (χ2n) is 6.33. The molecule has 33 heavy (non-hydrogen) atoms. The van der Waals surface area contributed by atoms with E-state index in [1.54, 1.807) is 6.07 Å². The lowest BCUT2D eigenvalue weighted by Gasteiger charge is -2.09. The van der Waals surface area contributed by atoms with Gasteiger partial charge in [-0.05, 0) is 30.3 Å². The first-order valence-corrected chi connectivity index (χ1v) is 10.4. The van der Waals surface area contributed by atoms with Crippen molar-refractivity contribution in [2.45, 2.75) is 4.90 Å². The number of benzene rings is 3. The van der Waals surface area contributed by atoms with Crippen molar-refractivity contribution in [3.8, 4) is 5.75 Å². The van der Waals surface area contributed by atoms with E-state index in [4.69, 9.17) is 4.18 Å². The number of hydrogen-bond donors (Lipinski definition) is 1. The number of hydrogen-bond acceptors (Lipinski definition) is 9. The van der Waals surface area contributed by atoms with Crippen LogP contribution in [0.15, 0.2) is 82.8 Å². The molecular formula is C20H14N4O8S. The van der Waals surface area contributed by atoms with Crippen molar-refractivity contribution in [3.05, 3.63) is 104 Å². The van der Waals surface area contributed by atoms with Crippen LogP contribution in [0.4, 0.5) is 11.4 Å². The first kappa shape index (κ1) is 23.0. The van der Waals surface area contributed by atoms with Crippen LogP contribution in [-0.4, -0.2) is 30.4 Å². The van der Waals surface area contributed by atoms with Gasteiger partial charge < -0.3 is 4.18 Å². The van der Waals surface area contributed by atoms with E-state index in [2.05, 4.69) is 10.5 Å². The van der Waals surface area contributed by atoms with E-state index >= 15 is 0 Å². The molecule has 0 atom stereocenters. The second-order valence-corrected chi connectivity index (χ2v) is 7.88. The minimum absolute atomic E-state index is 0.00614. The number of para-hydroxylation sites is 1. The highest BCUT2D eigenvalue weighted by molar-refractivity contribution is 7.87. The number of carbonyl (C=O) groups excluding carboxylic acids is 1. The number of rotatable bonds is 8. The molecule has 1 N–H and O–H groups in total. The van der Waals surface area contributed by atoms with Crippen molar-refractivity contribution in [2.75, 3.05) is 0 Å². The van der Waals surface area contributed by atoms with Crippen molar-refractivity contribution in [1.29, 1.82) is 0 Å². The molecule has 3 aromatic rings. The molecule has 168 valence electrons. The Kier molecular flexibility index (Phi) is 6.74. The van der Waals surface area contributed by atoms with Gasteiger partial charge in [-0.15, -0.1) is 0 Å². The Morgan fingerprint density at radius 2 is 1.58 bits per heavy atom. The minimum Gasteiger partial charge on any atom is -0.378 e. The van der Waals surface area contributed by atoms with Gasteiger partial charge in [0.15, 0.2) is 5.75 Å². The monoisotopic (exact) mass is 470 g/mol. The number of carbonyl (C=O) groups is 1. The standard InChI is InChI=1S/C20H14N4O8S/c25-20(14-5-3-6-17(12-14)24(28)29)22-21-13-15-4-1-2-7-19(15)32-33(30,31)18-10-8-16(9-11-18)23(26)27/h1-13H,(H,22,25)/b21-13-. The van der Waals surface area contributed by atoms with Gasteiger partial charge in [-0.25, -0.2) is 5.43 Å². The summed E-state index contributed by atoms with van der Waals surface area (Å²) in [5, 5.41) is 25.3. The van der Waals surface area contributed by atoms with Crippen molar-refractivity contribution in [1.82, 2.24) is 5.43 Å². The summed E-state index contributed by atoms with van der Waals surface area (Å²) < 4.78 is 30.2. The van der Waals surface area contributed by atoms with Crippen LogP contribution in [-0.2, 0) is 10.1 Å². The average molecular weight is 470 g/mol. The minimum atomic E-state index is -4.31. The van der Waals surface area contributed by atoms with Crippen molar-refractivity contribution in [2.24, 2.45) is 5.10 Å². The molecule has 13 heteroatoms. The molecule has 3 aromatic carbocycles. The number of amides is 1. The summed E-state index contributed by atoms with van der Waals surface area (Å²) in [7, 11) is -4.31. The lowest BCUT2D eigenvalue weighted by Crippen LogP contribution is -2.18. The van der Waals surface area contributed by atoms with Crippen LogP contribution in [0, 0.1) is 20.2 Å². The molecule has 0 saturated heterocycles. The number of nitro groups is 2. The molecule has 0 aliphatic carbocycles. The van der Waals surface area contributed by atoms with Crippen LogP contribution in [0.3, 0.4) is 0 Å². The number of non-ortho nitro benzene ring substituents is 2. The normalized spacial score (nSPS) is 11.2. The van der Waals surface area contributed by atoms with Gasteiger partial charge in [0.1, 0.15) is 4.90 Å². The Morgan fingerprint density at radius 3 is 2.24 bits per heavy atom. The lowest BCUT2D eigenvalue weighted by atomic mass is 10.2. The van der Waals surface area contributed by atoms with Gasteiger partial charge in [-0.3, -0.25) is 25.0 Å². The summed E-state index contributed by atoms with van der Waals surface area (Å²) >= 11 is 0. The number of nitrogens with zero attached hydrogens (tertiary/aromatic N) is 3. The maximum atomic E-state index is 12.5. The first-order chi connectivity index (χ1) is 15.7. The lowest BCUT2D eigenvalue weighted by molar-refractivity contribution is -0.385. The molecule has 0 aromatic heterocycles. The molecule has 0 spiro atoms. The first-order valence-electron chi connectivity index (χ1n) is 9.03. The van der Waals surface area contributed by atoms with E-state index in [1.807, 2.05) is 0 Å². The van der Waals surface area contributed by atoms with E-state index in [0.717, 1.165) is 36.5 Å². The summed E-state index contributed by atoms with van der Waals surface area (Å²) in [6.07, 6.45) is 1.13. The largest absolute Gasteiger partial charge is 0.378 e. The van der Waals surface area contributed by atoms with Gasteiger partial charge in [0.25, 0.3) is 17.3 Å². The predicted molar refractivity (Wildman–Crippen MR) is 116 cm³/mol. The molecule has 0 aliphatic rings. The molecule has 3 rings (SSSR count). The maximum absolute atomic E-state index is 12.5. The Morgan fingerprint density at radius 1 is 0.909 bits per heavy atom. The Balaban J connectivity index is 1.75. The molecule has 0 saturated carbocycles. The molecule has 0 bridgehead atoms. The van der Waals surface area contributed by atoms with Crippen LogP contribution in [0.2, 0.25) is 0 Å². The molecule has 0 fully saturated rings. The summed E-state index contributed by atoms with van der Waals surface area (Å²) in [4.78, 5) is 32.1. The van der Waals surface area contributed by atoms with E-state index in [1.165, 1.54) is 36.4 Å². The summed E-state index contributed by atoms with van der Waals surface area (Å²) in [6, 6.07) is 15.1. The molecule has 0 unspecified atom stereocenters. The molecule has 0 aliphatic heterocycles. The zero-order valence-electron chi connectivity index (χ0n) is 16.5. The molecule has 12 nitrogen and oxygen atoms in total. The van der Waals surface area contributed by atoms with Crippen LogP contribution >= 0.6 is 0 Å². The Bertz CT molecular complexity index is 1350. The quantitative estimate of drug-likeness (QED) is 0.226. The van der Waals surface area contributed by atoms with Crippen LogP contribution in [0.25, 0.3) is 0 Å².